The Morgan fingerprint density at radius 3 is 2.58 bits per heavy atom. The fraction of sp³-hybridized carbons (Fsp3) is 0.167. The molecule has 0 fully saturated rings. The molecule has 26 heavy (non-hydrogen) atoms. The summed E-state index contributed by atoms with van der Waals surface area (Å²) in [5, 5.41) is 8.70. The zero-order valence-corrected chi connectivity index (χ0v) is 14.9. The van der Waals surface area contributed by atoms with Gasteiger partial charge in [-0.15, -0.1) is 10.2 Å². The SMILES string of the molecule is COc1ccc(-c2nnc(SCC(=O)c3cc(F)ccc3F)n2C)cc1. The molecule has 8 heteroatoms. The van der Waals surface area contributed by atoms with E-state index in [1.807, 2.05) is 24.3 Å². The number of carbonyl (C=O) groups is 1. The van der Waals surface area contributed by atoms with Gasteiger partial charge in [-0.05, 0) is 42.5 Å². The first-order valence-corrected chi connectivity index (χ1v) is 8.63. The number of ketones is 1. The summed E-state index contributed by atoms with van der Waals surface area (Å²) in [6, 6.07) is 10.1. The lowest BCUT2D eigenvalue weighted by atomic mass is 10.1. The molecule has 2 aromatic carbocycles. The summed E-state index contributed by atoms with van der Waals surface area (Å²) in [5.41, 5.74) is 0.574. The van der Waals surface area contributed by atoms with Gasteiger partial charge in [0.1, 0.15) is 17.4 Å². The van der Waals surface area contributed by atoms with Crippen LogP contribution in [0.1, 0.15) is 10.4 Å². The molecule has 134 valence electrons. The van der Waals surface area contributed by atoms with E-state index in [2.05, 4.69) is 10.2 Å². The minimum absolute atomic E-state index is 0.0744. The second-order valence-corrected chi connectivity index (χ2v) is 6.37. The highest BCUT2D eigenvalue weighted by Gasteiger charge is 2.16. The number of rotatable bonds is 6. The zero-order valence-electron chi connectivity index (χ0n) is 14.1. The highest BCUT2D eigenvalue weighted by Crippen LogP contribution is 2.25. The molecule has 5 nitrogen and oxygen atoms in total. The number of nitrogens with zero attached hydrogens (tertiary/aromatic N) is 3. The van der Waals surface area contributed by atoms with Gasteiger partial charge in [-0.1, -0.05) is 11.8 Å². The van der Waals surface area contributed by atoms with E-state index in [1.54, 1.807) is 18.7 Å². The van der Waals surface area contributed by atoms with Gasteiger partial charge in [0.25, 0.3) is 0 Å². The van der Waals surface area contributed by atoms with Crippen molar-refractivity contribution >= 4 is 17.5 Å². The number of methoxy groups -OCH3 is 1. The van der Waals surface area contributed by atoms with E-state index >= 15 is 0 Å². The summed E-state index contributed by atoms with van der Waals surface area (Å²) in [5.74, 6) is -0.627. The number of ether oxygens (including phenoxy) is 1. The lowest BCUT2D eigenvalue weighted by molar-refractivity contribution is 0.101. The molecule has 1 heterocycles. The van der Waals surface area contributed by atoms with Crippen LogP contribution < -0.4 is 4.74 Å². The molecule has 0 aliphatic rings. The summed E-state index contributed by atoms with van der Waals surface area (Å²) < 4.78 is 33.8. The van der Waals surface area contributed by atoms with E-state index in [4.69, 9.17) is 4.74 Å². The first kappa shape index (κ1) is 18.1. The second kappa shape index (κ2) is 7.65. The molecule has 0 aliphatic heterocycles. The number of Topliss-reactive ketones (excluding diaryl/α,β-unsaturated/α-hetero) is 1. The number of carbonyl (C=O) groups excluding carboxylic acids is 1. The van der Waals surface area contributed by atoms with Gasteiger partial charge in [-0.25, -0.2) is 8.78 Å². The molecule has 0 bridgehead atoms. The highest BCUT2D eigenvalue weighted by molar-refractivity contribution is 7.99. The van der Waals surface area contributed by atoms with Crippen molar-refractivity contribution in [3.63, 3.8) is 0 Å². The number of hydrogen-bond acceptors (Lipinski definition) is 5. The van der Waals surface area contributed by atoms with Crippen molar-refractivity contribution in [3.8, 4) is 17.1 Å². The van der Waals surface area contributed by atoms with Crippen LogP contribution in [0.2, 0.25) is 0 Å². The van der Waals surface area contributed by atoms with Crippen molar-refractivity contribution < 1.29 is 18.3 Å². The molecule has 0 saturated carbocycles. The van der Waals surface area contributed by atoms with Crippen LogP contribution in [-0.4, -0.2) is 33.4 Å². The Kier molecular flexibility index (Phi) is 5.32. The standard InChI is InChI=1S/C18H15F2N3O2S/c1-23-17(11-3-6-13(25-2)7-4-11)21-22-18(23)26-10-16(24)14-9-12(19)5-8-15(14)20/h3-9H,10H2,1-2H3. The second-order valence-electron chi connectivity index (χ2n) is 5.43. The van der Waals surface area contributed by atoms with Crippen LogP contribution in [0.15, 0.2) is 47.6 Å². The number of thioether (sulfide) groups is 1. The third-order valence-corrected chi connectivity index (χ3v) is 4.76. The molecule has 3 rings (SSSR count). The Morgan fingerprint density at radius 1 is 1.15 bits per heavy atom. The van der Waals surface area contributed by atoms with Crippen molar-refractivity contribution in [2.75, 3.05) is 12.9 Å². The normalized spacial score (nSPS) is 10.8. The van der Waals surface area contributed by atoms with Crippen LogP contribution in [0.3, 0.4) is 0 Å². The Hall–Kier alpha value is -2.74. The van der Waals surface area contributed by atoms with Crippen LogP contribution in [0.4, 0.5) is 8.78 Å². The summed E-state index contributed by atoms with van der Waals surface area (Å²) in [6.07, 6.45) is 0. The predicted octanol–water partition coefficient (Wildman–Crippen LogP) is 3.74. The monoisotopic (exact) mass is 375 g/mol. The van der Waals surface area contributed by atoms with E-state index in [0.29, 0.717) is 11.0 Å². The Balaban J connectivity index is 1.74. The topological polar surface area (TPSA) is 57.0 Å². The molecule has 0 saturated heterocycles. The van der Waals surface area contributed by atoms with Gasteiger partial charge < -0.3 is 9.30 Å². The third kappa shape index (κ3) is 3.75. The molecule has 0 aliphatic carbocycles. The minimum atomic E-state index is -0.742. The maximum atomic E-state index is 13.7. The number of hydrogen-bond donors (Lipinski definition) is 0. The summed E-state index contributed by atoms with van der Waals surface area (Å²) in [7, 11) is 3.36. The van der Waals surface area contributed by atoms with Gasteiger partial charge in [0.2, 0.25) is 0 Å². The minimum Gasteiger partial charge on any atom is -0.497 e. The van der Waals surface area contributed by atoms with E-state index in [-0.39, 0.29) is 11.3 Å². The average molecular weight is 375 g/mol. The Morgan fingerprint density at radius 2 is 1.88 bits per heavy atom. The third-order valence-electron chi connectivity index (χ3n) is 3.74. The smallest absolute Gasteiger partial charge is 0.191 e. The van der Waals surface area contributed by atoms with Crippen LogP contribution in [0.25, 0.3) is 11.4 Å². The van der Waals surface area contributed by atoms with E-state index in [1.165, 1.54) is 0 Å². The molecule has 0 unspecified atom stereocenters. The van der Waals surface area contributed by atoms with E-state index < -0.39 is 17.4 Å². The number of aromatic nitrogens is 3. The van der Waals surface area contributed by atoms with Crippen molar-refractivity contribution in [1.29, 1.82) is 0 Å². The molecular formula is C18H15F2N3O2S. The molecule has 0 N–H and O–H groups in total. The van der Waals surface area contributed by atoms with Gasteiger partial charge in [-0.3, -0.25) is 4.79 Å². The summed E-state index contributed by atoms with van der Waals surface area (Å²) in [6.45, 7) is 0. The van der Waals surface area contributed by atoms with Crippen LogP contribution in [0, 0.1) is 11.6 Å². The fourth-order valence-electron chi connectivity index (χ4n) is 2.35. The first-order chi connectivity index (χ1) is 12.5. The number of benzene rings is 2. The quantitative estimate of drug-likeness (QED) is 0.485. The maximum Gasteiger partial charge on any atom is 0.191 e. The largest absolute Gasteiger partial charge is 0.497 e. The van der Waals surface area contributed by atoms with Crippen molar-refractivity contribution in [2.24, 2.45) is 7.05 Å². The van der Waals surface area contributed by atoms with Crippen molar-refractivity contribution in [3.05, 3.63) is 59.7 Å². The van der Waals surface area contributed by atoms with Gasteiger partial charge >= 0.3 is 0 Å². The highest BCUT2D eigenvalue weighted by atomic mass is 32.2. The maximum absolute atomic E-state index is 13.7. The first-order valence-electron chi connectivity index (χ1n) is 7.64. The molecule has 1 aromatic heterocycles. The zero-order chi connectivity index (χ0) is 18.7. The molecule has 0 atom stereocenters. The Bertz CT molecular complexity index is 942. The van der Waals surface area contributed by atoms with E-state index in [9.17, 15) is 13.6 Å². The van der Waals surface area contributed by atoms with E-state index in [0.717, 1.165) is 41.3 Å². The van der Waals surface area contributed by atoms with Crippen LogP contribution in [0.5, 0.6) is 5.75 Å². The number of halogens is 2. The summed E-state index contributed by atoms with van der Waals surface area (Å²) in [4.78, 5) is 12.2. The lowest BCUT2D eigenvalue weighted by Crippen LogP contribution is -2.07. The van der Waals surface area contributed by atoms with Gasteiger partial charge in [-0.2, -0.15) is 0 Å². The van der Waals surface area contributed by atoms with Crippen molar-refractivity contribution in [2.45, 2.75) is 5.16 Å². The molecule has 0 amide bonds. The van der Waals surface area contributed by atoms with Crippen LogP contribution >= 0.6 is 11.8 Å². The fourth-order valence-corrected chi connectivity index (χ4v) is 3.15. The van der Waals surface area contributed by atoms with Gasteiger partial charge in [0.05, 0.1) is 18.4 Å². The van der Waals surface area contributed by atoms with Gasteiger partial charge in [0.15, 0.2) is 16.8 Å². The average Bonchev–Trinajstić information content (AvgIpc) is 3.02. The predicted molar refractivity (Wildman–Crippen MR) is 94.4 cm³/mol. The van der Waals surface area contributed by atoms with Gasteiger partial charge in [0, 0.05) is 12.6 Å². The molecule has 0 radical (unpaired) electrons. The molecular weight excluding hydrogens is 360 g/mol. The lowest BCUT2D eigenvalue weighted by Gasteiger charge is -2.05. The molecule has 0 spiro atoms. The van der Waals surface area contributed by atoms with Crippen LogP contribution in [-0.2, 0) is 7.05 Å². The Labute approximate surface area is 153 Å². The summed E-state index contributed by atoms with van der Waals surface area (Å²) >= 11 is 1.11. The molecule has 3 aromatic rings. The van der Waals surface area contributed by atoms with Crippen molar-refractivity contribution in [1.82, 2.24) is 14.8 Å².